The monoisotopic (exact) mass is 450 g/mol. The molecule has 0 bridgehead atoms. The molecule has 0 fully saturated rings. The molecule has 9 nitrogen and oxygen atoms in total. The number of fused-ring (bicyclic) bond motifs is 2. The van der Waals surface area contributed by atoms with Gasteiger partial charge < -0.3 is 10.3 Å². The van der Waals surface area contributed by atoms with Gasteiger partial charge in [-0.05, 0) is 53.6 Å². The van der Waals surface area contributed by atoms with Crippen LogP contribution in [-0.4, -0.2) is 33.2 Å². The molecule has 34 heavy (non-hydrogen) atoms. The maximum absolute atomic E-state index is 12.5. The summed E-state index contributed by atoms with van der Waals surface area (Å²) in [6.45, 7) is 0. The summed E-state index contributed by atoms with van der Waals surface area (Å²) in [5.74, 6) is 1.24. The third-order valence-electron chi connectivity index (χ3n) is 6.33. The number of nitrogen functional groups attached to an aromatic ring is 1. The normalized spacial score (nSPS) is 11.6. The minimum atomic E-state index is -0.0595. The van der Waals surface area contributed by atoms with Crippen molar-refractivity contribution in [2.75, 3.05) is 5.73 Å². The first-order valence-electron chi connectivity index (χ1n) is 10.8. The Balaban J connectivity index is 1.64. The predicted octanol–water partition coefficient (Wildman–Crippen LogP) is 3.26. The first-order valence-corrected chi connectivity index (χ1v) is 10.8. The fourth-order valence-corrected chi connectivity index (χ4v) is 4.53. The molecule has 0 aliphatic heterocycles. The van der Waals surface area contributed by atoms with E-state index in [1.807, 2.05) is 41.9 Å². The highest BCUT2D eigenvalue weighted by atomic mass is 16.1. The molecule has 0 atom stereocenters. The molecule has 4 heterocycles. The lowest BCUT2D eigenvalue weighted by molar-refractivity contribution is 0.795. The number of nitrogens with zero attached hydrogens (tertiary/aromatic N) is 7. The Bertz CT molecular complexity index is 1780. The molecule has 0 aliphatic rings. The third-order valence-corrected chi connectivity index (χ3v) is 6.33. The van der Waals surface area contributed by atoms with E-state index in [1.54, 1.807) is 42.0 Å². The van der Waals surface area contributed by atoms with Crippen molar-refractivity contribution in [3.05, 3.63) is 77.7 Å². The third kappa shape index (κ3) is 2.87. The van der Waals surface area contributed by atoms with Crippen LogP contribution in [0, 0.1) is 0 Å². The van der Waals surface area contributed by atoms with E-state index < -0.39 is 0 Å². The molecule has 0 aliphatic carbocycles. The van der Waals surface area contributed by atoms with Crippen LogP contribution in [0.2, 0.25) is 0 Å². The number of aromatic nitrogens is 7. The number of anilines is 1. The summed E-state index contributed by atoms with van der Waals surface area (Å²) in [4.78, 5) is 25.9. The van der Waals surface area contributed by atoms with Crippen LogP contribution in [-0.2, 0) is 21.1 Å². The van der Waals surface area contributed by atoms with E-state index in [4.69, 9.17) is 10.7 Å². The van der Waals surface area contributed by atoms with Gasteiger partial charge in [0.1, 0.15) is 11.5 Å². The van der Waals surface area contributed by atoms with Crippen LogP contribution >= 0.6 is 0 Å². The molecule has 168 valence electrons. The van der Waals surface area contributed by atoms with Crippen molar-refractivity contribution >= 4 is 27.9 Å². The number of hydrogen-bond acceptors (Lipinski definition) is 5. The second-order valence-electron chi connectivity index (χ2n) is 8.41. The zero-order chi connectivity index (χ0) is 23.6. The Kier molecular flexibility index (Phi) is 4.22. The number of pyridine rings is 1. The molecular weight excluding hydrogens is 428 g/mol. The summed E-state index contributed by atoms with van der Waals surface area (Å²) in [6.07, 6.45) is 5.27. The summed E-state index contributed by atoms with van der Waals surface area (Å²) >= 11 is 0. The lowest BCUT2D eigenvalue weighted by Gasteiger charge is -2.11. The van der Waals surface area contributed by atoms with Gasteiger partial charge in [-0.25, -0.2) is 19.7 Å². The maximum Gasteiger partial charge on any atom is 0.328 e. The Labute approximate surface area is 194 Å². The molecule has 0 saturated heterocycles. The van der Waals surface area contributed by atoms with Crippen LogP contribution < -0.4 is 11.4 Å². The quantitative estimate of drug-likeness (QED) is 0.446. The van der Waals surface area contributed by atoms with Crippen LogP contribution in [0.25, 0.3) is 50.4 Å². The molecular formula is C25H22N8O. The standard InChI is InChI=1S/C25H22N8O/c1-30-14-27-13-22(30)24-29-18-10-15(16-8-9-28-23(26)11-16)4-6-19(18)33(24)17-5-7-20-21(12-17)32(3)25(34)31(20)2/h4-14H,1-3H3,(H2,26,28). The molecule has 2 N–H and O–H groups in total. The maximum atomic E-state index is 12.5. The Hall–Kier alpha value is -4.66. The zero-order valence-corrected chi connectivity index (χ0v) is 19.0. The van der Waals surface area contributed by atoms with Crippen molar-refractivity contribution in [2.45, 2.75) is 0 Å². The Morgan fingerprint density at radius 1 is 0.853 bits per heavy atom. The highest BCUT2D eigenvalue weighted by Crippen LogP contribution is 2.32. The van der Waals surface area contributed by atoms with Gasteiger partial charge in [0.25, 0.3) is 0 Å². The molecule has 0 unspecified atom stereocenters. The van der Waals surface area contributed by atoms with E-state index >= 15 is 0 Å². The predicted molar refractivity (Wildman–Crippen MR) is 133 cm³/mol. The van der Waals surface area contributed by atoms with Crippen LogP contribution in [0.1, 0.15) is 0 Å². The van der Waals surface area contributed by atoms with E-state index in [9.17, 15) is 4.79 Å². The largest absolute Gasteiger partial charge is 0.384 e. The van der Waals surface area contributed by atoms with E-state index in [-0.39, 0.29) is 5.69 Å². The number of benzene rings is 2. The molecule has 9 heteroatoms. The number of nitrogens with two attached hydrogens (primary N) is 1. The second kappa shape index (κ2) is 7.17. The molecule has 6 rings (SSSR count). The van der Waals surface area contributed by atoms with Gasteiger partial charge >= 0.3 is 5.69 Å². The Morgan fingerprint density at radius 3 is 2.38 bits per heavy atom. The van der Waals surface area contributed by atoms with E-state index in [0.717, 1.165) is 50.4 Å². The SMILES string of the molecule is Cn1cncc1-c1nc2cc(-c3ccnc(N)c3)ccc2n1-c1ccc2c(c1)n(C)c(=O)n2C. The molecule has 0 saturated carbocycles. The minimum absolute atomic E-state index is 0.0595. The number of imidazole rings is 3. The van der Waals surface area contributed by atoms with Gasteiger partial charge in [0.2, 0.25) is 0 Å². The molecule has 2 aromatic carbocycles. The van der Waals surface area contributed by atoms with Crippen molar-refractivity contribution in [1.82, 2.24) is 33.2 Å². The summed E-state index contributed by atoms with van der Waals surface area (Å²) < 4.78 is 7.36. The topological polar surface area (TPSA) is 101 Å². The summed E-state index contributed by atoms with van der Waals surface area (Å²) in [5, 5.41) is 0. The lowest BCUT2D eigenvalue weighted by Crippen LogP contribution is -2.19. The summed E-state index contributed by atoms with van der Waals surface area (Å²) in [6, 6.07) is 16.0. The molecule has 6 aromatic rings. The van der Waals surface area contributed by atoms with Crippen molar-refractivity contribution in [3.8, 4) is 28.3 Å². The van der Waals surface area contributed by atoms with Crippen LogP contribution in [0.5, 0.6) is 0 Å². The molecule has 4 aromatic heterocycles. The zero-order valence-electron chi connectivity index (χ0n) is 19.0. The highest BCUT2D eigenvalue weighted by Gasteiger charge is 2.19. The first-order chi connectivity index (χ1) is 16.4. The van der Waals surface area contributed by atoms with Crippen LogP contribution in [0.15, 0.2) is 72.0 Å². The fourth-order valence-electron chi connectivity index (χ4n) is 4.53. The van der Waals surface area contributed by atoms with Gasteiger partial charge in [-0.1, -0.05) is 6.07 Å². The van der Waals surface area contributed by atoms with Gasteiger partial charge in [0, 0.05) is 33.0 Å². The van der Waals surface area contributed by atoms with Crippen LogP contribution in [0.4, 0.5) is 5.82 Å². The minimum Gasteiger partial charge on any atom is -0.384 e. The average Bonchev–Trinajstić information content (AvgIpc) is 3.49. The van der Waals surface area contributed by atoms with Crippen molar-refractivity contribution < 1.29 is 0 Å². The summed E-state index contributed by atoms with van der Waals surface area (Å²) in [5.41, 5.74) is 13.1. The lowest BCUT2D eigenvalue weighted by atomic mass is 10.1. The average molecular weight is 451 g/mol. The first kappa shape index (κ1) is 20.0. The smallest absolute Gasteiger partial charge is 0.328 e. The molecule has 0 radical (unpaired) electrons. The summed E-state index contributed by atoms with van der Waals surface area (Å²) in [7, 11) is 5.52. The second-order valence-corrected chi connectivity index (χ2v) is 8.41. The van der Waals surface area contributed by atoms with Crippen molar-refractivity contribution in [3.63, 3.8) is 0 Å². The van der Waals surface area contributed by atoms with E-state index in [1.165, 1.54) is 0 Å². The van der Waals surface area contributed by atoms with Gasteiger partial charge in [0.15, 0.2) is 5.82 Å². The van der Waals surface area contributed by atoms with E-state index in [2.05, 4.69) is 32.7 Å². The van der Waals surface area contributed by atoms with Crippen molar-refractivity contribution in [1.29, 1.82) is 0 Å². The van der Waals surface area contributed by atoms with Crippen LogP contribution in [0.3, 0.4) is 0 Å². The Morgan fingerprint density at radius 2 is 1.62 bits per heavy atom. The van der Waals surface area contributed by atoms with Gasteiger partial charge in [-0.2, -0.15) is 0 Å². The van der Waals surface area contributed by atoms with Crippen molar-refractivity contribution in [2.24, 2.45) is 21.1 Å². The molecule has 0 spiro atoms. The number of hydrogen-bond donors (Lipinski definition) is 1. The fraction of sp³-hybridized carbons (Fsp3) is 0.120. The highest BCUT2D eigenvalue weighted by molar-refractivity contribution is 5.88. The number of aryl methyl sites for hydroxylation is 3. The van der Waals surface area contributed by atoms with E-state index in [0.29, 0.717) is 5.82 Å². The van der Waals surface area contributed by atoms with Gasteiger partial charge in [-0.3, -0.25) is 13.7 Å². The molecule has 0 amide bonds. The van der Waals surface area contributed by atoms with Gasteiger partial charge in [-0.15, -0.1) is 0 Å². The van der Waals surface area contributed by atoms with Gasteiger partial charge in [0.05, 0.1) is 34.6 Å². The number of rotatable bonds is 3.